The number of aliphatic hydroxyl groups excluding tert-OH is 1. The van der Waals surface area contributed by atoms with E-state index >= 15 is 0 Å². The number of phosphoric ester groups is 1. The molecule has 1 fully saturated rings. The van der Waals surface area contributed by atoms with Crippen LogP contribution in [0.25, 0.3) is 44.6 Å². The number of alkyl carbamates (subject to hydrolysis) is 1. The summed E-state index contributed by atoms with van der Waals surface area (Å²) in [6.45, 7) is -1.62. The van der Waals surface area contributed by atoms with Crippen LogP contribution >= 0.6 is 15.6 Å². The Balaban J connectivity index is 1.05. The Bertz CT molecular complexity index is 2960. The molecule has 7 rings (SSSR count). The summed E-state index contributed by atoms with van der Waals surface area (Å²) in [6, 6.07) is 12.1. The number of fused-ring (bicyclic) bond motifs is 3. The number of carboxylic acid groups (broad SMARTS) is 1. The number of aromatic carboxylic acids is 1. The van der Waals surface area contributed by atoms with Crippen molar-refractivity contribution < 1.29 is 80.8 Å². The zero-order valence-electron chi connectivity index (χ0n) is 31.6. The van der Waals surface area contributed by atoms with Crippen LogP contribution in [-0.2, 0) is 34.5 Å². The highest BCUT2D eigenvalue weighted by Gasteiger charge is 2.51. The van der Waals surface area contributed by atoms with Gasteiger partial charge in [-0.25, -0.2) is 23.3 Å². The minimum atomic E-state index is -5.53. The number of hydrogen-bond acceptors (Lipinski definition) is 16. The molecule has 25 nitrogen and oxygen atoms in total. The number of nitrogen functional groups attached to an aromatic ring is 1. The maximum Gasteiger partial charge on any atom is 0.481 e. The first kappa shape index (κ1) is 43.6. The summed E-state index contributed by atoms with van der Waals surface area (Å²) in [5.41, 5.74) is 5.25. The zero-order chi connectivity index (χ0) is 44.8. The van der Waals surface area contributed by atoms with Gasteiger partial charge in [-0.05, 0) is 42.0 Å². The lowest BCUT2D eigenvalue weighted by Gasteiger charge is -2.21. The highest BCUT2D eigenvalue weighted by atomic mass is 31.3. The second-order valence-corrected chi connectivity index (χ2v) is 16.4. The minimum Gasteiger partial charge on any atom is -0.508 e. The number of nitrogens with two attached hydrogens (primary N) is 1. The second kappa shape index (κ2) is 16.7. The van der Waals surface area contributed by atoms with E-state index in [9.17, 15) is 53.3 Å². The summed E-state index contributed by atoms with van der Waals surface area (Å²) in [5.74, 6) is -2.47. The van der Waals surface area contributed by atoms with E-state index in [1.807, 2.05) is 0 Å². The number of nitrogens with one attached hydrogen (secondary N) is 3. The molecule has 0 bridgehead atoms. The fourth-order valence-corrected chi connectivity index (χ4v) is 8.45. The van der Waals surface area contributed by atoms with E-state index in [-0.39, 0.29) is 69.4 Å². The van der Waals surface area contributed by atoms with Crippen LogP contribution in [0.15, 0.2) is 74.9 Å². The zero-order valence-corrected chi connectivity index (χ0v) is 33.4. The standard InChI is InChI=1S/C35H33N7O18P2/c1-41-14-42(29-26(41)31(47)40-34(36)39-29)32-27(45)28(24(58-32)13-56-62(54,55)60-61(51,52)53)59-35(50)38-9-8-37-30(46)15-2-5-18(21(10-15)33(48)49)25-19-6-3-16(43)11-22(19)57-23-12-17(44)4-7-20(23)25/h2-7,10-12,14,24,27-28,32,45H,8-9,13H2,1H3,(H9-,36,37,38,39,40,43,44,46,47,48,49,50,51,52,53,54,55)/p+1/t24-,27-,28-,32-/m1/s1. The summed E-state index contributed by atoms with van der Waals surface area (Å²) in [7, 11) is -9.53. The van der Waals surface area contributed by atoms with Crippen molar-refractivity contribution in [1.82, 2.24) is 25.2 Å². The molecule has 0 radical (unpaired) electrons. The number of imidazole rings is 1. The smallest absolute Gasteiger partial charge is 0.481 e. The van der Waals surface area contributed by atoms with Gasteiger partial charge in [0.25, 0.3) is 17.4 Å². The highest BCUT2D eigenvalue weighted by Crippen LogP contribution is 2.57. The van der Waals surface area contributed by atoms with Crippen LogP contribution in [0.3, 0.4) is 0 Å². The Morgan fingerprint density at radius 3 is 2.47 bits per heavy atom. The molecule has 0 saturated carbocycles. The number of amides is 2. The van der Waals surface area contributed by atoms with Gasteiger partial charge >= 0.3 is 33.4 Å². The molecule has 11 N–H and O–H groups in total. The molecule has 5 atom stereocenters. The number of carboxylic acids is 1. The SMILES string of the molecule is Cn1c[n+]([C@@H]2O[C@H](COP(=O)(O)OP(=O)(O)O)[C@@H](OC(=O)NCCNC(=O)c3ccc(-c4c5ccc(=O)cc-5oc5cc(O)ccc45)c(C(=O)O)c3)[C@H]2O)c2nc(N)[nH]c(=O)c21. The molecular formula is C35H34N7O18P2+. The summed E-state index contributed by atoms with van der Waals surface area (Å²) in [6.07, 6.45) is -6.66. The van der Waals surface area contributed by atoms with Gasteiger partial charge in [0.05, 0.1) is 19.2 Å². The van der Waals surface area contributed by atoms with E-state index < -0.39 is 70.3 Å². The Labute approximate surface area is 345 Å². The lowest BCUT2D eigenvalue weighted by atomic mass is 9.90. The largest absolute Gasteiger partial charge is 0.508 e. The first-order valence-electron chi connectivity index (χ1n) is 17.8. The number of benzene rings is 3. The Morgan fingerprint density at radius 2 is 1.74 bits per heavy atom. The highest BCUT2D eigenvalue weighted by molar-refractivity contribution is 7.60. The van der Waals surface area contributed by atoms with Crippen molar-refractivity contribution in [3.63, 3.8) is 0 Å². The number of nitrogens with zero attached hydrogens (tertiary/aromatic N) is 3. The van der Waals surface area contributed by atoms with Gasteiger partial charge in [0.2, 0.25) is 11.7 Å². The molecule has 1 unspecified atom stereocenters. The van der Waals surface area contributed by atoms with Crippen molar-refractivity contribution in [3.8, 4) is 28.2 Å². The Morgan fingerprint density at radius 1 is 1.02 bits per heavy atom. The normalized spacial score (nSPS) is 18.8. The van der Waals surface area contributed by atoms with Crippen molar-refractivity contribution in [2.75, 3.05) is 25.4 Å². The number of aromatic amines is 1. The summed E-state index contributed by atoms with van der Waals surface area (Å²) < 4.78 is 51.3. The number of aromatic hydroxyl groups is 1. The third kappa shape index (κ3) is 9.06. The number of carbonyl (C=O) groups excluding carboxylic acids is 2. The number of aliphatic hydroxyl groups is 1. The third-order valence-electron chi connectivity index (χ3n) is 9.37. The van der Waals surface area contributed by atoms with Gasteiger partial charge < -0.3 is 60.3 Å². The predicted molar refractivity (Wildman–Crippen MR) is 209 cm³/mol. The lowest BCUT2D eigenvalue weighted by Crippen LogP contribution is -2.47. The third-order valence-corrected chi connectivity index (χ3v) is 11.5. The molecule has 1 aliphatic carbocycles. The predicted octanol–water partition coefficient (Wildman–Crippen LogP) is 0.423. The number of carbonyl (C=O) groups is 3. The van der Waals surface area contributed by atoms with Gasteiger partial charge in [-0.3, -0.25) is 28.5 Å². The minimum absolute atomic E-state index is 0.0199. The maximum absolute atomic E-state index is 13.2. The topological polar surface area (TPSA) is 378 Å². The van der Waals surface area contributed by atoms with Gasteiger partial charge in [0.15, 0.2) is 24.0 Å². The first-order valence-corrected chi connectivity index (χ1v) is 20.9. The summed E-state index contributed by atoms with van der Waals surface area (Å²) in [5, 5.41) is 36.9. The summed E-state index contributed by atoms with van der Waals surface area (Å²) in [4.78, 5) is 97.6. The first-order chi connectivity index (χ1) is 29.2. The Kier molecular flexibility index (Phi) is 11.8. The van der Waals surface area contributed by atoms with Gasteiger partial charge in [0, 0.05) is 47.3 Å². The molecule has 2 aromatic heterocycles. The van der Waals surface area contributed by atoms with Crippen molar-refractivity contribution in [1.29, 1.82) is 0 Å². The molecule has 326 valence electrons. The van der Waals surface area contributed by atoms with E-state index in [4.69, 9.17) is 29.4 Å². The quantitative estimate of drug-likeness (QED) is 0.0325. The van der Waals surface area contributed by atoms with E-state index in [1.54, 1.807) is 0 Å². The van der Waals surface area contributed by atoms with Crippen LogP contribution in [0.4, 0.5) is 10.7 Å². The van der Waals surface area contributed by atoms with Crippen molar-refractivity contribution in [2.24, 2.45) is 7.05 Å². The average molecular weight is 903 g/mol. The van der Waals surface area contributed by atoms with Gasteiger partial charge in [0.1, 0.15) is 23.2 Å². The second-order valence-electron chi connectivity index (χ2n) is 13.6. The van der Waals surface area contributed by atoms with Crippen molar-refractivity contribution in [2.45, 2.75) is 24.5 Å². The van der Waals surface area contributed by atoms with Crippen LogP contribution in [0, 0.1) is 0 Å². The average Bonchev–Trinajstić information content (AvgIpc) is 3.67. The molecule has 4 aromatic rings. The molecule has 2 aromatic carbocycles. The fraction of sp³-hybridized carbons (Fsp3) is 0.229. The number of phenolic OH excluding ortho intramolecular Hbond substituents is 1. The van der Waals surface area contributed by atoms with Crippen LogP contribution < -0.4 is 31.9 Å². The number of H-pyrrole nitrogens is 1. The van der Waals surface area contributed by atoms with Crippen molar-refractivity contribution in [3.05, 3.63) is 92.6 Å². The molecule has 1 saturated heterocycles. The number of phosphoric acid groups is 2. The number of aryl methyl sites for hydroxylation is 1. The molecule has 2 aliphatic heterocycles. The lowest BCUT2D eigenvalue weighted by molar-refractivity contribution is -0.745. The van der Waals surface area contributed by atoms with E-state index in [2.05, 4.69) is 29.4 Å². The molecule has 27 heteroatoms. The van der Waals surface area contributed by atoms with Crippen LogP contribution in [0.5, 0.6) is 5.75 Å². The molecule has 0 spiro atoms. The van der Waals surface area contributed by atoms with E-state index in [0.29, 0.717) is 16.5 Å². The van der Waals surface area contributed by atoms with Gasteiger partial charge in [-0.2, -0.15) is 4.31 Å². The molecule has 3 aliphatic rings. The number of rotatable bonds is 13. The molecule has 2 amide bonds. The van der Waals surface area contributed by atoms with E-state index in [1.165, 1.54) is 66.5 Å². The van der Waals surface area contributed by atoms with Crippen molar-refractivity contribution >= 4 is 61.7 Å². The van der Waals surface area contributed by atoms with Crippen LogP contribution in [0.2, 0.25) is 0 Å². The van der Waals surface area contributed by atoms with E-state index in [0.717, 1.165) is 10.6 Å². The number of aromatic nitrogens is 4. The van der Waals surface area contributed by atoms with Gasteiger partial charge in [-0.1, -0.05) is 11.1 Å². The summed E-state index contributed by atoms with van der Waals surface area (Å²) >= 11 is 0. The molecule has 62 heavy (non-hydrogen) atoms. The number of phenols is 1. The maximum atomic E-state index is 13.2. The molecule has 4 heterocycles. The molecular weight excluding hydrogens is 868 g/mol. The van der Waals surface area contributed by atoms with Crippen LogP contribution in [-0.4, -0.2) is 101 Å². The number of anilines is 1. The van der Waals surface area contributed by atoms with Crippen LogP contribution in [0.1, 0.15) is 26.9 Å². The Hall–Kier alpha value is -6.53. The monoisotopic (exact) mass is 902 g/mol. The fourth-order valence-electron chi connectivity index (χ4n) is 6.85. The number of ether oxygens (including phenoxy) is 2. The number of hydrogen-bond donors (Lipinski definition) is 10. The van der Waals surface area contributed by atoms with Gasteiger partial charge in [-0.15, -0.1) is 0 Å².